The number of aromatic amines is 1. The van der Waals surface area contributed by atoms with Crippen molar-refractivity contribution >= 4 is 10.9 Å². The van der Waals surface area contributed by atoms with Gasteiger partial charge in [-0.2, -0.15) is 0 Å². The molecule has 3 rings (SSSR count). The molecule has 0 bridgehead atoms. The van der Waals surface area contributed by atoms with Gasteiger partial charge in [0.05, 0.1) is 12.6 Å². The molecule has 0 radical (unpaired) electrons. The van der Waals surface area contributed by atoms with Gasteiger partial charge in [0.1, 0.15) is 0 Å². The number of aromatic nitrogens is 1. The Balaban J connectivity index is 2.28. The monoisotopic (exact) mass is 233 g/mol. The third-order valence-electron chi connectivity index (χ3n) is 3.14. The number of H-pyrrole nitrogens is 1. The average Bonchev–Trinajstić information content (AvgIpc) is 3.11. The lowest BCUT2D eigenvalue weighted by Gasteiger charge is -2.06. The van der Waals surface area contributed by atoms with E-state index in [2.05, 4.69) is 4.98 Å². The molecule has 1 heterocycles. The molecular formula is C13H12FNO2. The van der Waals surface area contributed by atoms with Gasteiger partial charge >= 0.3 is 0 Å². The predicted molar refractivity (Wildman–Crippen MR) is 63.1 cm³/mol. The molecule has 0 atom stereocenters. The largest absolute Gasteiger partial charge is 0.494 e. The molecular weight excluding hydrogens is 221 g/mol. The summed E-state index contributed by atoms with van der Waals surface area (Å²) in [5, 5.41) is 0.465. The van der Waals surface area contributed by atoms with Crippen LogP contribution >= 0.6 is 0 Å². The number of hydrogen-bond donors (Lipinski definition) is 1. The van der Waals surface area contributed by atoms with Gasteiger partial charge in [0, 0.05) is 23.2 Å². The molecule has 1 fully saturated rings. The SMILES string of the molecule is COc1cc2c(=O)cc(C3CC3)[nH]c2cc1F. The lowest BCUT2D eigenvalue weighted by Crippen LogP contribution is -2.05. The maximum Gasteiger partial charge on any atom is 0.189 e. The van der Waals surface area contributed by atoms with E-state index in [9.17, 15) is 9.18 Å². The summed E-state index contributed by atoms with van der Waals surface area (Å²) < 4.78 is 18.4. The number of methoxy groups -OCH3 is 1. The van der Waals surface area contributed by atoms with Gasteiger partial charge in [-0.15, -0.1) is 0 Å². The molecule has 17 heavy (non-hydrogen) atoms. The topological polar surface area (TPSA) is 42.1 Å². The molecule has 0 spiro atoms. The van der Waals surface area contributed by atoms with Crippen molar-refractivity contribution in [3.05, 3.63) is 39.9 Å². The lowest BCUT2D eigenvalue weighted by atomic mass is 10.1. The molecule has 0 saturated heterocycles. The molecule has 1 aliphatic carbocycles. The van der Waals surface area contributed by atoms with Gasteiger partial charge in [0.15, 0.2) is 17.0 Å². The maximum atomic E-state index is 13.6. The molecule has 2 aromatic rings. The number of hydrogen-bond acceptors (Lipinski definition) is 2. The molecule has 4 heteroatoms. The highest BCUT2D eigenvalue weighted by molar-refractivity contribution is 5.80. The van der Waals surface area contributed by atoms with Crippen LogP contribution in [0.15, 0.2) is 23.0 Å². The van der Waals surface area contributed by atoms with Crippen molar-refractivity contribution in [2.24, 2.45) is 0 Å². The van der Waals surface area contributed by atoms with Crippen LogP contribution in [0.4, 0.5) is 4.39 Å². The third-order valence-corrected chi connectivity index (χ3v) is 3.14. The van der Waals surface area contributed by atoms with Crippen LogP contribution in [-0.2, 0) is 0 Å². The van der Waals surface area contributed by atoms with E-state index >= 15 is 0 Å². The van der Waals surface area contributed by atoms with Crippen LogP contribution in [0, 0.1) is 5.82 Å². The normalized spacial score (nSPS) is 15.2. The summed E-state index contributed by atoms with van der Waals surface area (Å²) in [5.41, 5.74) is 1.36. The number of nitrogens with one attached hydrogen (secondary N) is 1. The van der Waals surface area contributed by atoms with E-state index in [-0.39, 0.29) is 11.2 Å². The maximum absolute atomic E-state index is 13.6. The van der Waals surface area contributed by atoms with Crippen LogP contribution in [0.5, 0.6) is 5.75 Å². The van der Waals surface area contributed by atoms with E-state index in [0.717, 1.165) is 18.5 Å². The standard InChI is InChI=1S/C13H12FNO2/c1-17-13-4-8-11(5-9(13)14)15-10(6-12(8)16)7-2-3-7/h4-7H,2-3H2,1H3,(H,15,16). The van der Waals surface area contributed by atoms with E-state index in [1.807, 2.05) is 0 Å². The summed E-state index contributed by atoms with van der Waals surface area (Å²) >= 11 is 0. The van der Waals surface area contributed by atoms with Crippen molar-refractivity contribution in [3.8, 4) is 5.75 Å². The van der Waals surface area contributed by atoms with Crippen LogP contribution < -0.4 is 10.2 Å². The Hall–Kier alpha value is -1.84. The van der Waals surface area contributed by atoms with Crippen molar-refractivity contribution in [3.63, 3.8) is 0 Å². The summed E-state index contributed by atoms with van der Waals surface area (Å²) in [5.74, 6) is 0.0861. The minimum absolute atomic E-state index is 0.0843. The molecule has 0 amide bonds. The molecule has 1 saturated carbocycles. The fourth-order valence-corrected chi connectivity index (χ4v) is 2.04. The summed E-state index contributed by atoms with van der Waals surface area (Å²) in [4.78, 5) is 15.0. The van der Waals surface area contributed by atoms with E-state index in [1.54, 1.807) is 6.07 Å². The number of ether oxygens (including phenoxy) is 1. The van der Waals surface area contributed by atoms with Gasteiger partial charge in [-0.25, -0.2) is 4.39 Å². The summed E-state index contributed by atoms with van der Waals surface area (Å²) in [6, 6.07) is 4.37. The predicted octanol–water partition coefficient (Wildman–Crippen LogP) is 2.55. The highest BCUT2D eigenvalue weighted by Gasteiger charge is 2.25. The fourth-order valence-electron chi connectivity index (χ4n) is 2.04. The highest BCUT2D eigenvalue weighted by Crippen LogP contribution is 2.39. The minimum atomic E-state index is -0.455. The van der Waals surface area contributed by atoms with Crippen molar-refractivity contribution in [2.75, 3.05) is 7.11 Å². The number of benzene rings is 1. The zero-order chi connectivity index (χ0) is 12.0. The quantitative estimate of drug-likeness (QED) is 0.866. The molecule has 1 aromatic heterocycles. The Kier molecular flexibility index (Phi) is 2.18. The van der Waals surface area contributed by atoms with E-state index in [0.29, 0.717) is 16.8 Å². The Morgan fingerprint density at radius 3 is 2.76 bits per heavy atom. The summed E-state index contributed by atoms with van der Waals surface area (Å²) in [6.45, 7) is 0. The Morgan fingerprint density at radius 1 is 1.35 bits per heavy atom. The van der Waals surface area contributed by atoms with Gasteiger partial charge in [0.2, 0.25) is 0 Å². The molecule has 3 nitrogen and oxygen atoms in total. The molecule has 0 aliphatic heterocycles. The zero-order valence-corrected chi connectivity index (χ0v) is 9.42. The van der Waals surface area contributed by atoms with Crippen molar-refractivity contribution in [1.82, 2.24) is 4.98 Å². The molecule has 1 aliphatic rings. The minimum Gasteiger partial charge on any atom is -0.494 e. The molecule has 88 valence electrons. The Bertz CT molecular complexity index is 644. The van der Waals surface area contributed by atoms with Gasteiger partial charge in [-0.1, -0.05) is 0 Å². The van der Waals surface area contributed by atoms with Gasteiger partial charge in [0.25, 0.3) is 0 Å². The van der Waals surface area contributed by atoms with Crippen molar-refractivity contribution in [2.45, 2.75) is 18.8 Å². The second-order valence-electron chi connectivity index (χ2n) is 4.40. The first kappa shape index (κ1) is 10.3. The average molecular weight is 233 g/mol. The van der Waals surface area contributed by atoms with Gasteiger partial charge in [-0.3, -0.25) is 4.79 Å². The second-order valence-corrected chi connectivity index (χ2v) is 4.40. The number of rotatable bonds is 2. The van der Waals surface area contributed by atoms with Crippen LogP contribution in [-0.4, -0.2) is 12.1 Å². The number of pyridine rings is 1. The van der Waals surface area contributed by atoms with Crippen LogP contribution in [0.2, 0.25) is 0 Å². The molecule has 1 aromatic carbocycles. The lowest BCUT2D eigenvalue weighted by molar-refractivity contribution is 0.387. The first-order valence-corrected chi connectivity index (χ1v) is 5.59. The van der Waals surface area contributed by atoms with Gasteiger partial charge in [-0.05, 0) is 24.8 Å². The first-order valence-electron chi connectivity index (χ1n) is 5.59. The summed E-state index contributed by atoms with van der Waals surface area (Å²) in [6.07, 6.45) is 2.19. The first-order chi connectivity index (χ1) is 8.19. The smallest absolute Gasteiger partial charge is 0.189 e. The van der Waals surface area contributed by atoms with Crippen molar-refractivity contribution in [1.29, 1.82) is 0 Å². The molecule has 1 N–H and O–H groups in total. The Labute approximate surface area is 97.2 Å². The molecule has 0 unspecified atom stereocenters. The third kappa shape index (κ3) is 1.69. The summed E-state index contributed by atoms with van der Waals surface area (Å²) in [7, 11) is 1.39. The van der Waals surface area contributed by atoms with Crippen LogP contribution in [0.1, 0.15) is 24.5 Å². The fraction of sp³-hybridized carbons (Fsp3) is 0.308. The van der Waals surface area contributed by atoms with Gasteiger partial charge < -0.3 is 9.72 Å². The van der Waals surface area contributed by atoms with E-state index in [1.165, 1.54) is 19.2 Å². The zero-order valence-electron chi connectivity index (χ0n) is 9.42. The van der Waals surface area contributed by atoms with E-state index in [4.69, 9.17) is 4.74 Å². The van der Waals surface area contributed by atoms with Crippen LogP contribution in [0.25, 0.3) is 10.9 Å². The van der Waals surface area contributed by atoms with Crippen molar-refractivity contribution < 1.29 is 9.13 Å². The van der Waals surface area contributed by atoms with E-state index < -0.39 is 5.82 Å². The highest BCUT2D eigenvalue weighted by atomic mass is 19.1. The van der Waals surface area contributed by atoms with Crippen LogP contribution in [0.3, 0.4) is 0 Å². The number of halogens is 1. The second kappa shape index (κ2) is 3.58. The number of fused-ring (bicyclic) bond motifs is 1. The Morgan fingerprint density at radius 2 is 2.12 bits per heavy atom.